The van der Waals surface area contributed by atoms with Crippen molar-refractivity contribution in [2.24, 2.45) is 0 Å². The monoisotopic (exact) mass is 684 g/mol. The van der Waals surface area contributed by atoms with Gasteiger partial charge in [-0.05, 0) is 12.1 Å². The largest absolute Gasteiger partial charge is 0.492 e. The molecule has 0 spiro atoms. The molecule has 0 unspecified atom stereocenters. The van der Waals surface area contributed by atoms with E-state index in [9.17, 15) is 50.4 Å². The fourth-order valence-corrected chi connectivity index (χ4v) is 6.02. The van der Waals surface area contributed by atoms with Crippen molar-refractivity contribution < 1.29 is 88.3 Å². The normalized spacial score (nSPS) is 31.8. The van der Waals surface area contributed by atoms with Crippen LogP contribution in [0, 0.1) is 0 Å². The number of methoxy groups -OCH3 is 4. The number of aliphatic hydroxyl groups is 8. The van der Waals surface area contributed by atoms with Gasteiger partial charge in [-0.25, -0.2) is 9.59 Å². The summed E-state index contributed by atoms with van der Waals surface area (Å²) in [5.74, 6) is -4.42. The summed E-state index contributed by atoms with van der Waals surface area (Å²) < 4.78 is 44.6. The molecule has 0 aromatic heterocycles. The minimum Gasteiger partial charge on any atom is -0.492 e. The number of esters is 2. The molecule has 2 saturated heterocycles. The van der Waals surface area contributed by atoms with Gasteiger partial charge in [0.1, 0.15) is 72.2 Å². The molecule has 3 aliphatic heterocycles. The van der Waals surface area contributed by atoms with Crippen molar-refractivity contribution in [3.05, 3.63) is 34.4 Å². The molecule has 0 bridgehead atoms. The maximum Gasteiger partial charge on any atom is 0.347 e. The van der Waals surface area contributed by atoms with Gasteiger partial charge in [-0.3, -0.25) is 0 Å². The van der Waals surface area contributed by atoms with Crippen LogP contribution in [0.2, 0.25) is 0 Å². The van der Waals surface area contributed by atoms with Gasteiger partial charge in [0.2, 0.25) is 11.5 Å². The number of aliphatic hydroxyl groups excluding tert-OH is 8. The molecular formula is C30H36O18. The molecule has 0 amide bonds. The van der Waals surface area contributed by atoms with Gasteiger partial charge in [-0.2, -0.15) is 0 Å². The van der Waals surface area contributed by atoms with Crippen LogP contribution in [0.5, 0.6) is 34.5 Å². The summed E-state index contributed by atoms with van der Waals surface area (Å²) in [6.07, 6.45) is -16.2. The van der Waals surface area contributed by atoms with Gasteiger partial charge in [-0.15, -0.1) is 0 Å². The lowest BCUT2D eigenvalue weighted by Gasteiger charge is -2.41. The molecule has 264 valence electrons. The smallest absolute Gasteiger partial charge is 0.347 e. The van der Waals surface area contributed by atoms with E-state index in [1.54, 1.807) is 0 Å². The lowest BCUT2D eigenvalue weighted by atomic mass is 9.89. The quantitative estimate of drug-likeness (QED) is 0.105. The third-order valence-corrected chi connectivity index (χ3v) is 8.48. The first-order chi connectivity index (χ1) is 22.9. The third kappa shape index (κ3) is 5.68. The van der Waals surface area contributed by atoms with Crippen molar-refractivity contribution in [3.8, 4) is 34.5 Å². The highest BCUT2D eigenvalue weighted by Crippen LogP contribution is 2.52. The van der Waals surface area contributed by atoms with Crippen LogP contribution in [-0.4, -0.2) is 143 Å². The number of benzene rings is 2. The van der Waals surface area contributed by atoms with Crippen molar-refractivity contribution in [3.63, 3.8) is 0 Å². The summed E-state index contributed by atoms with van der Waals surface area (Å²) in [5.41, 5.74) is -1.11. The van der Waals surface area contributed by atoms with Crippen LogP contribution >= 0.6 is 0 Å². The lowest BCUT2D eigenvalue weighted by Crippen LogP contribution is -2.55. The first-order valence-electron chi connectivity index (χ1n) is 14.5. The van der Waals surface area contributed by atoms with Gasteiger partial charge in [0.15, 0.2) is 23.0 Å². The van der Waals surface area contributed by atoms with Crippen molar-refractivity contribution >= 4 is 11.9 Å². The Bertz CT molecular complexity index is 1430. The van der Waals surface area contributed by atoms with Crippen LogP contribution in [0.3, 0.4) is 0 Å². The maximum absolute atomic E-state index is 13.8. The Morgan fingerprint density at radius 3 is 1.17 bits per heavy atom. The second-order valence-corrected chi connectivity index (χ2v) is 11.1. The van der Waals surface area contributed by atoms with Crippen molar-refractivity contribution in [2.45, 2.75) is 61.0 Å². The van der Waals surface area contributed by atoms with Gasteiger partial charge in [0.25, 0.3) is 0 Å². The second kappa shape index (κ2) is 14.0. The lowest BCUT2D eigenvalue weighted by molar-refractivity contribution is -0.232. The Morgan fingerprint density at radius 1 is 0.542 bits per heavy atom. The summed E-state index contributed by atoms with van der Waals surface area (Å²) in [7, 11) is 4.71. The van der Waals surface area contributed by atoms with E-state index in [0.29, 0.717) is 0 Å². The van der Waals surface area contributed by atoms with Crippen LogP contribution in [-0.2, 0) is 9.47 Å². The van der Waals surface area contributed by atoms with Crippen LogP contribution in [0.15, 0.2) is 12.1 Å². The fourth-order valence-electron chi connectivity index (χ4n) is 6.02. The minimum absolute atomic E-state index is 0.110. The van der Waals surface area contributed by atoms with Gasteiger partial charge in [0.05, 0.1) is 41.7 Å². The Labute approximate surface area is 272 Å². The first-order valence-corrected chi connectivity index (χ1v) is 14.5. The Balaban J connectivity index is 1.67. The van der Waals surface area contributed by atoms with E-state index >= 15 is 0 Å². The van der Waals surface area contributed by atoms with Crippen LogP contribution < -0.4 is 28.4 Å². The highest BCUT2D eigenvalue weighted by Gasteiger charge is 2.48. The molecule has 2 aromatic carbocycles. The Kier molecular flexibility index (Phi) is 10.3. The molecule has 3 heterocycles. The number of hydrogen-bond donors (Lipinski definition) is 8. The zero-order valence-electron chi connectivity index (χ0n) is 26.0. The van der Waals surface area contributed by atoms with E-state index in [2.05, 4.69) is 0 Å². The SMILES string of the molecule is COc1c([C@@H]2O[C@H](CO)[C@@H](O)[C@H](O)[C@H]2O)cc2c(c1OC)OC(=O)c1cc([C@@H]3O[C@H](CO)[C@@H](O)[C@H](O)[C@H]3O)c(OC)c(OC)c1OC2=O. The highest BCUT2D eigenvalue weighted by atomic mass is 16.6. The molecule has 2 fully saturated rings. The molecule has 3 aliphatic rings. The number of carbonyl (C=O) groups is 2. The van der Waals surface area contributed by atoms with Crippen molar-refractivity contribution in [2.75, 3.05) is 41.7 Å². The van der Waals surface area contributed by atoms with Crippen LogP contribution in [0.4, 0.5) is 0 Å². The van der Waals surface area contributed by atoms with Crippen molar-refractivity contribution in [1.82, 2.24) is 0 Å². The fraction of sp³-hybridized carbons (Fsp3) is 0.533. The average Bonchev–Trinajstić information content (AvgIpc) is 3.08. The zero-order valence-corrected chi connectivity index (χ0v) is 26.0. The number of hydrogen-bond acceptors (Lipinski definition) is 18. The molecule has 5 rings (SSSR count). The van der Waals surface area contributed by atoms with Crippen LogP contribution in [0.25, 0.3) is 0 Å². The molecule has 2 aromatic rings. The van der Waals surface area contributed by atoms with Gasteiger partial charge in [-0.1, -0.05) is 0 Å². The Morgan fingerprint density at radius 2 is 0.875 bits per heavy atom. The number of fused-ring (bicyclic) bond motifs is 2. The van der Waals surface area contributed by atoms with E-state index in [4.69, 9.17) is 37.9 Å². The predicted molar refractivity (Wildman–Crippen MR) is 154 cm³/mol. The standard InChI is InChI=1S/C30H36O18/c1-41-23-9(21-19(37)17(35)15(33)13(7-31)45-21)5-11-25(27(23)43-3)47-30(40)12-6-10(22-20(38)18(36)16(34)14(8-32)46-22)24(42-2)28(44-4)26(12)48-29(11)39/h5-6,13-22,31-38H,7-8H2,1-4H3/t13-,14-,15-,16-,17+,18+,19-,20-,21+,22+/m1/s1. The first kappa shape index (κ1) is 35.5. The topological polar surface area (TPSA) is 270 Å². The van der Waals surface area contributed by atoms with E-state index in [1.807, 2.05) is 0 Å². The number of rotatable bonds is 8. The molecule has 8 N–H and O–H groups in total. The summed E-state index contributed by atoms with van der Waals surface area (Å²) in [6.45, 7) is -1.48. The van der Waals surface area contributed by atoms with E-state index < -0.39 is 109 Å². The summed E-state index contributed by atoms with van der Waals surface area (Å²) in [6, 6.07) is 2.19. The number of ether oxygens (including phenoxy) is 8. The molecule has 0 saturated carbocycles. The second-order valence-electron chi connectivity index (χ2n) is 11.1. The molecular weight excluding hydrogens is 648 g/mol. The Hall–Kier alpha value is -3.82. The predicted octanol–water partition coefficient (Wildman–Crippen LogP) is -2.50. The molecule has 48 heavy (non-hydrogen) atoms. The van der Waals surface area contributed by atoms with E-state index in [-0.39, 0.29) is 34.1 Å². The molecule has 0 aliphatic carbocycles. The molecule has 0 radical (unpaired) electrons. The number of carbonyl (C=O) groups excluding carboxylic acids is 2. The maximum atomic E-state index is 13.8. The van der Waals surface area contributed by atoms with E-state index in [1.165, 1.54) is 14.2 Å². The molecule has 18 heteroatoms. The molecule has 10 atom stereocenters. The van der Waals surface area contributed by atoms with Crippen molar-refractivity contribution in [1.29, 1.82) is 0 Å². The van der Waals surface area contributed by atoms with Gasteiger partial charge in [0, 0.05) is 11.1 Å². The minimum atomic E-state index is -1.79. The van der Waals surface area contributed by atoms with Gasteiger partial charge >= 0.3 is 11.9 Å². The van der Waals surface area contributed by atoms with Gasteiger partial charge < -0.3 is 78.7 Å². The summed E-state index contributed by atoms with van der Waals surface area (Å²) in [4.78, 5) is 27.6. The summed E-state index contributed by atoms with van der Waals surface area (Å²) >= 11 is 0. The summed E-state index contributed by atoms with van der Waals surface area (Å²) in [5, 5.41) is 82.4. The highest BCUT2D eigenvalue weighted by molar-refractivity contribution is 6.04. The van der Waals surface area contributed by atoms with E-state index in [0.717, 1.165) is 26.4 Å². The molecule has 18 nitrogen and oxygen atoms in total. The average molecular weight is 685 g/mol. The zero-order chi connectivity index (χ0) is 35.2. The van der Waals surface area contributed by atoms with Crippen LogP contribution in [0.1, 0.15) is 44.1 Å². The third-order valence-electron chi connectivity index (χ3n) is 8.48.